The number of hydrogen-bond acceptors (Lipinski definition) is 3. The fourth-order valence-corrected chi connectivity index (χ4v) is 2.20. The summed E-state index contributed by atoms with van der Waals surface area (Å²) in [6.45, 7) is 13.3. The number of unbranched alkanes of at least 4 members (excludes halogenated alkanes) is 1. The zero-order valence-corrected chi connectivity index (χ0v) is 15.0. The Bertz CT molecular complexity index is 455. The number of ether oxygens (including phenoxy) is 1. The van der Waals surface area contributed by atoms with Crippen molar-refractivity contribution in [2.24, 2.45) is 5.92 Å². The molecule has 1 unspecified atom stereocenters. The second kappa shape index (κ2) is 7.98. The predicted octanol–water partition coefficient (Wildman–Crippen LogP) is 5.33. The van der Waals surface area contributed by atoms with Gasteiger partial charge in [-0.25, -0.2) is 4.98 Å². The van der Waals surface area contributed by atoms with Gasteiger partial charge in [-0.2, -0.15) is 4.98 Å². The molecule has 0 aromatic carbocycles. The van der Waals surface area contributed by atoms with Crippen molar-refractivity contribution in [2.75, 3.05) is 6.61 Å². The van der Waals surface area contributed by atoms with Gasteiger partial charge in [0.25, 0.3) is 0 Å². The first kappa shape index (κ1) is 18.2. The Morgan fingerprint density at radius 2 is 1.86 bits per heavy atom. The molecule has 1 rings (SSSR count). The van der Waals surface area contributed by atoms with E-state index >= 15 is 0 Å². The number of halogens is 1. The van der Waals surface area contributed by atoms with E-state index in [2.05, 4.69) is 44.6 Å². The van der Waals surface area contributed by atoms with Crippen LogP contribution in [0.3, 0.4) is 0 Å². The minimum Gasteiger partial charge on any atom is -0.477 e. The molecule has 1 heterocycles. The molecule has 21 heavy (non-hydrogen) atoms. The van der Waals surface area contributed by atoms with Gasteiger partial charge in [0.05, 0.1) is 6.61 Å². The van der Waals surface area contributed by atoms with Crippen LogP contribution in [0.2, 0.25) is 5.15 Å². The zero-order chi connectivity index (χ0) is 16.0. The van der Waals surface area contributed by atoms with Crippen molar-refractivity contribution < 1.29 is 4.74 Å². The van der Waals surface area contributed by atoms with E-state index in [0.29, 0.717) is 23.6 Å². The van der Waals surface area contributed by atoms with Crippen molar-refractivity contribution in [1.82, 2.24) is 9.97 Å². The normalized spacial score (nSPS) is 13.3. The Labute approximate surface area is 134 Å². The highest BCUT2D eigenvalue weighted by Gasteiger charge is 2.21. The summed E-state index contributed by atoms with van der Waals surface area (Å²) in [5.41, 5.74) is 0.692. The molecule has 1 aromatic heterocycles. The van der Waals surface area contributed by atoms with Crippen molar-refractivity contribution in [3.63, 3.8) is 0 Å². The maximum absolute atomic E-state index is 6.23. The van der Waals surface area contributed by atoms with Crippen LogP contribution in [0.1, 0.15) is 71.7 Å². The third-order valence-corrected chi connectivity index (χ3v) is 4.08. The maximum atomic E-state index is 6.23. The van der Waals surface area contributed by atoms with Gasteiger partial charge in [-0.1, -0.05) is 65.5 Å². The van der Waals surface area contributed by atoms with Crippen molar-refractivity contribution in [3.8, 4) is 5.88 Å². The highest BCUT2D eigenvalue weighted by Crippen LogP contribution is 2.28. The smallest absolute Gasteiger partial charge is 0.221 e. The molecule has 0 saturated heterocycles. The fourth-order valence-electron chi connectivity index (χ4n) is 2.04. The summed E-state index contributed by atoms with van der Waals surface area (Å²) < 4.78 is 5.97. The molecule has 3 nitrogen and oxygen atoms in total. The van der Waals surface area contributed by atoms with Gasteiger partial charge in [0.15, 0.2) is 0 Å². The maximum Gasteiger partial charge on any atom is 0.221 e. The van der Waals surface area contributed by atoms with Crippen molar-refractivity contribution in [3.05, 3.63) is 16.5 Å². The Morgan fingerprint density at radius 3 is 2.38 bits per heavy atom. The summed E-state index contributed by atoms with van der Waals surface area (Å²) in [6.07, 6.45) is 4.81. The Balaban J connectivity index is 2.84. The summed E-state index contributed by atoms with van der Waals surface area (Å²) >= 11 is 6.23. The third-order valence-electron chi connectivity index (χ3n) is 3.71. The monoisotopic (exact) mass is 312 g/mol. The lowest BCUT2D eigenvalue weighted by molar-refractivity contribution is 0.222. The molecule has 0 N–H and O–H groups in total. The summed E-state index contributed by atoms with van der Waals surface area (Å²) in [5.74, 6) is 1.95. The second-order valence-corrected chi connectivity index (χ2v) is 7.10. The molecule has 120 valence electrons. The molecule has 0 aliphatic rings. The molecule has 1 atom stereocenters. The minimum absolute atomic E-state index is 0.137. The molecule has 0 bridgehead atoms. The SMILES string of the molecule is CCCCC(CC)COc1nc(C(C)(C)C)nc(Cl)c1C. The standard InChI is InChI=1S/C17H29ClN2O/c1-7-9-10-13(8-2)11-21-15-12(3)14(18)19-16(20-15)17(4,5)6/h13H,7-11H2,1-6H3. The summed E-state index contributed by atoms with van der Waals surface area (Å²) in [4.78, 5) is 8.95. The van der Waals surface area contributed by atoms with Gasteiger partial charge in [0, 0.05) is 11.0 Å². The molecule has 4 heteroatoms. The average Bonchev–Trinajstić information content (AvgIpc) is 2.42. The quantitative estimate of drug-likeness (QED) is 0.638. The van der Waals surface area contributed by atoms with Crippen LogP contribution in [0.5, 0.6) is 5.88 Å². The van der Waals surface area contributed by atoms with Crippen LogP contribution in [0.25, 0.3) is 0 Å². The van der Waals surface area contributed by atoms with Crippen molar-refractivity contribution in [1.29, 1.82) is 0 Å². The lowest BCUT2D eigenvalue weighted by atomic mass is 9.96. The van der Waals surface area contributed by atoms with E-state index in [1.807, 2.05) is 6.92 Å². The number of rotatable bonds is 7. The average molecular weight is 313 g/mol. The lowest BCUT2D eigenvalue weighted by Gasteiger charge is -2.20. The molecule has 0 aliphatic carbocycles. The Hall–Kier alpha value is -0.830. The van der Waals surface area contributed by atoms with Gasteiger partial charge in [-0.05, 0) is 19.3 Å². The number of aromatic nitrogens is 2. The van der Waals surface area contributed by atoms with Gasteiger partial charge in [-0.3, -0.25) is 0 Å². The first-order chi connectivity index (χ1) is 9.79. The highest BCUT2D eigenvalue weighted by molar-refractivity contribution is 6.30. The van der Waals surface area contributed by atoms with Crippen molar-refractivity contribution in [2.45, 2.75) is 72.6 Å². The summed E-state index contributed by atoms with van der Waals surface area (Å²) in [7, 11) is 0. The van der Waals surface area contributed by atoms with Gasteiger partial charge in [-0.15, -0.1) is 0 Å². The first-order valence-electron chi connectivity index (χ1n) is 7.97. The predicted molar refractivity (Wildman–Crippen MR) is 89.3 cm³/mol. The van der Waals surface area contributed by atoms with Gasteiger partial charge in [0.1, 0.15) is 11.0 Å². The Kier molecular flexibility index (Phi) is 6.92. The molecule has 0 spiro atoms. The van der Waals surface area contributed by atoms with E-state index in [0.717, 1.165) is 17.8 Å². The number of hydrogen-bond donors (Lipinski definition) is 0. The van der Waals surface area contributed by atoms with Crippen LogP contribution in [0.4, 0.5) is 0 Å². The fraction of sp³-hybridized carbons (Fsp3) is 0.765. The highest BCUT2D eigenvalue weighted by atomic mass is 35.5. The second-order valence-electron chi connectivity index (χ2n) is 6.75. The molecule has 0 fully saturated rings. The van der Waals surface area contributed by atoms with E-state index < -0.39 is 0 Å². The molecular formula is C17H29ClN2O. The van der Waals surface area contributed by atoms with Gasteiger partial charge >= 0.3 is 0 Å². The zero-order valence-electron chi connectivity index (χ0n) is 14.3. The van der Waals surface area contributed by atoms with Crippen LogP contribution >= 0.6 is 11.6 Å². The molecule has 1 aromatic rings. The van der Waals surface area contributed by atoms with E-state index in [1.165, 1.54) is 19.3 Å². The van der Waals surface area contributed by atoms with E-state index in [1.54, 1.807) is 0 Å². The molecule has 0 aliphatic heterocycles. The van der Waals surface area contributed by atoms with Gasteiger partial charge in [0.2, 0.25) is 5.88 Å². The molecule has 0 radical (unpaired) electrons. The lowest BCUT2D eigenvalue weighted by Crippen LogP contribution is -2.19. The minimum atomic E-state index is -0.137. The van der Waals surface area contributed by atoms with Gasteiger partial charge < -0.3 is 4.74 Å². The van der Waals surface area contributed by atoms with E-state index in [9.17, 15) is 0 Å². The van der Waals surface area contributed by atoms with Crippen molar-refractivity contribution >= 4 is 11.6 Å². The molecule has 0 amide bonds. The largest absolute Gasteiger partial charge is 0.477 e. The topological polar surface area (TPSA) is 35.0 Å². The van der Waals surface area contributed by atoms with E-state index in [-0.39, 0.29) is 5.41 Å². The molecular weight excluding hydrogens is 284 g/mol. The van der Waals surface area contributed by atoms with Crippen LogP contribution < -0.4 is 4.74 Å². The summed E-state index contributed by atoms with van der Waals surface area (Å²) in [6, 6.07) is 0. The summed E-state index contributed by atoms with van der Waals surface area (Å²) in [5, 5.41) is 0.492. The van der Waals surface area contributed by atoms with Crippen LogP contribution in [0.15, 0.2) is 0 Å². The van der Waals surface area contributed by atoms with Crippen LogP contribution in [0, 0.1) is 12.8 Å². The van der Waals surface area contributed by atoms with Crippen LogP contribution in [-0.2, 0) is 5.41 Å². The first-order valence-corrected chi connectivity index (χ1v) is 8.34. The van der Waals surface area contributed by atoms with Crippen LogP contribution in [-0.4, -0.2) is 16.6 Å². The molecule has 0 saturated carbocycles. The third kappa shape index (κ3) is 5.46. The Morgan fingerprint density at radius 1 is 1.19 bits per heavy atom. The van der Waals surface area contributed by atoms with E-state index in [4.69, 9.17) is 16.3 Å². The number of nitrogens with zero attached hydrogens (tertiary/aromatic N) is 2.